The molecule has 2 aromatic carbocycles. The van der Waals surface area contributed by atoms with E-state index in [0.717, 1.165) is 22.5 Å². The number of aromatic nitrogens is 2. The number of pyridine rings is 1. The van der Waals surface area contributed by atoms with Gasteiger partial charge in [-0.1, -0.05) is 61.0 Å². The fourth-order valence-electron chi connectivity index (χ4n) is 3.12. The Kier molecular flexibility index (Phi) is 4.65. The number of aryl methyl sites for hydroxylation is 1. The highest BCUT2D eigenvalue weighted by atomic mass is 35.5. The molecule has 0 aliphatic carbocycles. The molecule has 0 aliphatic rings. The van der Waals surface area contributed by atoms with Crippen molar-refractivity contribution < 1.29 is 4.79 Å². The molecule has 4 aromatic rings. The number of rotatable bonds is 4. The molecule has 0 bridgehead atoms. The van der Waals surface area contributed by atoms with Crippen molar-refractivity contribution in [3.8, 4) is 11.1 Å². The first-order chi connectivity index (χ1) is 13.2. The molecular formula is C22H18ClN3O. The van der Waals surface area contributed by atoms with Gasteiger partial charge in [-0.3, -0.25) is 9.20 Å². The van der Waals surface area contributed by atoms with Gasteiger partial charge < -0.3 is 5.32 Å². The number of nitrogens with one attached hydrogen (secondary N) is 1. The highest BCUT2D eigenvalue weighted by molar-refractivity contribution is 6.30. The number of benzene rings is 2. The number of nitrogens with zero attached hydrogens (tertiary/aromatic N) is 2. The predicted octanol–water partition coefficient (Wildman–Crippen LogP) is 5.47. The van der Waals surface area contributed by atoms with Crippen LogP contribution in [0.5, 0.6) is 0 Å². The molecule has 0 atom stereocenters. The van der Waals surface area contributed by atoms with Crippen LogP contribution in [0.3, 0.4) is 0 Å². The Labute approximate surface area is 162 Å². The van der Waals surface area contributed by atoms with Crippen molar-refractivity contribution >= 4 is 28.8 Å². The zero-order valence-electron chi connectivity index (χ0n) is 14.8. The Morgan fingerprint density at radius 2 is 1.70 bits per heavy atom. The van der Waals surface area contributed by atoms with Gasteiger partial charge in [-0.15, -0.1) is 0 Å². The minimum absolute atomic E-state index is 0.200. The van der Waals surface area contributed by atoms with E-state index in [9.17, 15) is 4.79 Å². The van der Waals surface area contributed by atoms with Crippen molar-refractivity contribution in [2.24, 2.45) is 0 Å². The van der Waals surface area contributed by atoms with Gasteiger partial charge in [0.15, 0.2) is 0 Å². The van der Waals surface area contributed by atoms with Crippen molar-refractivity contribution in [3.63, 3.8) is 0 Å². The quantitative estimate of drug-likeness (QED) is 0.514. The summed E-state index contributed by atoms with van der Waals surface area (Å²) in [5.41, 5.74) is 4.95. The predicted molar refractivity (Wildman–Crippen MR) is 109 cm³/mol. The van der Waals surface area contributed by atoms with E-state index in [0.29, 0.717) is 22.8 Å². The van der Waals surface area contributed by atoms with Gasteiger partial charge >= 0.3 is 0 Å². The van der Waals surface area contributed by atoms with E-state index in [1.807, 2.05) is 55.5 Å². The van der Waals surface area contributed by atoms with Gasteiger partial charge in [0.1, 0.15) is 11.3 Å². The highest BCUT2D eigenvalue weighted by Crippen LogP contribution is 2.22. The summed E-state index contributed by atoms with van der Waals surface area (Å²) in [6.07, 6.45) is 2.38. The molecule has 2 aromatic heterocycles. The van der Waals surface area contributed by atoms with Crippen LogP contribution in [-0.2, 0) is 6.42 Å². The van der Waals surface area contributed by atoms with Gasteiger partial charge in [-0.25, -0.2) is 4.98 Å². The van der Waals surface area contributed by atoms with E-state index in [1.54, 1.807) is 16.7 Å². The number of anilines is 1. The zero-order chi connectivity index (χ0) is 18.8. The van der Waals surface area contributed by atoms with E-state index in [2.05, 4.69) is 22.4 Å². The Bertz CT molecular complexity index is 1100. The molecule has 0 saturated carbocycles. The number of carbonyl (C=O) groups is 1. The first-order valence-corrected chi connectivity index (χ1v) is 9.17. The molecule has 1 N–H and O–H groups in total. The fraction of sp³-hybridized carbons (Fsp3) is 0.0909. The van der Waals surface area contributed by atoms with Gasteiger partial charge in [-0.2, -0.15) is 0 Å². The number of fused-ring (bicyclic) bond motifs is 1. The first kappa shape index (κ1) is 17.3. The molecule has 2 heterocycles. The average Bonchev–Trinajstić information content (AvgIpc) is 3.07. The molecule has 0 unspecified atom stereocenters. The number of carbonyl (C=O) groups excluding carboxylic acids is 1. The van der Waals surface area contributed by atoms with Crippen molar-refractivity contribution in [2.45, 2.75) is 13.3 Å². The summed E-state index contributed by atoms with van der Waals surface area (Å²) in [5, 5.41) is 3.53. The SMILES string of the molecule is CCc1nc2ccc(Cl)cn2c1C(=O)Nc1ccc(-c2ccccc2)cc1. The third-order valence-corrected chi connectivity index (χ3v) is 4.68. The summed E-state index contributed by atoms with van der Waals surface area (Å²) >= 11 is 6.10. The molecule has 0 aliphatic heterocycles. The number of imidazole rings is 1. The Morgan fingerprint density at radius 1 is 1.00 bits per heavy atom. The van der Waals surface area contributed by atoms with E-state index in [1.165, 1.54) is 0 Å². The lowest BCUT2D eigenvalue weighted by Gasteiger charge is -2.08. The largest absolute Gasteiger partial charge is 0.321 e. The standard InChI is InChI=1S/C22H18ClN3O/c1-2-19-21(26-14-17(23)10-13-20(26)25-19)22(27)24-18-11-8-16(9-12-18)15-6-4-3-5-7-15/h3-14H,2H2,1H3,(H,24,27). The smallest absolute Gasteiger partial charge is 0.274 e. The van der Waals surface area contributed by atoms with Crippen LogP contribution in [0.4, 0.5) is 5.69 Å². The van der Waals surface area contributed by atoms with Crippen molar-refractivity contribution in [2.75, 3.05) is 5.32 Å². The second kappa shape index (κ2) is 7.25. The molecule has 134 valence electrons. The van der Waals surface area contributed by atoms with Crippen LogP contribution in [0.2, 0.25) is 5.02 Å². The van der Waals surface area contributed by atoms with Crippen molar-refractivity contribution in [3.05, 3.63) is 89.3 Å². The molecule has 0 radical (unpaired) electrons. The van der Waals surface area contributed by atoms with E-state index < -0.39 is 0 Å². The molecule has 1 amide bonds. The van der Waals surface area contributed by atoms with Crippen LogP contribution < -0.4 is 5.32 Å². The van der Waals surface area contributed by atoms with Crippen LogP contribution in [0.25, 0.3) is 16.8 Å². The van der Waals surface area contributed by atoms with Gasteiger partial charge in [-0.05, 0) is 41.8 Å². The Morgan fingerprint density at radius 3 is 2.41 bits per heavy atom. The Hall–Kier alpha value is -3.11. The summed E-state index contributed by atoms with van der Waals surface area (Å²) in [7, 11) is 0. The monoisotopic (exact) mass is 375 g/mol. The van der Waals surface area contributed by atoms with Crippen LogP contribution in [0, 0.1) is 0 Å². The maximum atomic E-state index is 12.9. The third-order valence-electron chi connectivity index (χ3n) is 4.45. The van der Waals surface area contributed by atoms with Crippen LogP contribution in [-0.4, -0.2) is 15.3 Å². The van der Waals surface area contributed by atoms with Crippen LogP contribution in [0.1, 0.15) is 23.1 Å². The molecule has 4 rings (SSSR count). The maximum Gasteiger partial charge on any atom is 0.274 e. The summed E-state index contributed by atoms with van der Waals surface area (Å²) < 4.78 is 1.74. The highest BCUT2D eigenvalue weighted by Gasteiger charge is 2.18. The molecule has 0 saturated heterocycles. The average molecular weight is 376 g/mol. The fourth-order valence-corrected chi connectivity index (χ4v) is 3.28. The van der Waals surface area contributed by atoms with Crippen molar-refractivity contribution in [1.82, 2.24) is 9.38 Å². The van der Waals surface area contributed by atoms with Crippen molar-refractivity contribution in [1.29, 1.82) is 0 Å². The third kappa shape index (κ3) is 3.44. The first-order valence-electron chi connectivity index (χ1n) is 8.79. The lowest BCUT2D eigenvalue weighted by molar-refractivity contribution is 0.102. The van der Waals surface area contributed by atoms with E-state index >= 15 is 0 Å². The molecule has 0 spiro atoms. The summed E-state index contributed by atoms with van der Waals surface area (Å²) in [4.78, 5) is 17.5. The zero-order valence-corrected chi connectivity index (χ0v) is 15.6. The molecule has 27 heavy (non-hydrogen) atoms. The van der Waals surface area contributed by atoms with Gasteiger partial charge in [0.2, 0.25) is 0 Å². The normalized spacial score (nSPS) is 10.9. The van der Waals surface area contributed by atoms with E-state index in [-0.39, 0.29) is 5.91 Å². The van der Waals surface area contributed by atoms with E-state index in [4.69, 9.17) is 11.6 Å². The second-order valence-corrected chi connectivity index (χ2v) is 6.67. The van der Waals surface area contributed by atoms with Gasteiger partial charge in [0, 0.05) is 11.9 Å². The lowest BCUT2D eigenvalue weighted by atomic mass is 10.1. The van der Waals surface area contributed by atoms with Crippen LogP contribution in [0.15, 0.2) is 72.9 Å². The lowest BCUT2D eigenvalue weighted by Crippen LogP contribution is -2.16. The number of halogens is 1. The topological polar surface area (TPSA) is 46.4 Å². The molecule has 0 fully saturated rings. The number of hydrogen-bond donors (Lipinski definition) is 1. The summed E-state index contributed by atoms with van der Waals surface area (Å²) in [6, 6.07) is 21.5. The molecule has 5 heteroatoms. The minimum Gasteiger partial charge on any atom is -0.321 e. The summed E-state index contributed by atoms with van der Waals surface area (Å²) in [6.45, 7) is 1.98. The maximum absolute atomic E-state index is 12.9. The van der Waals surface area contributed by atoms with Gasteiger partial charge in [0.25, 0.3) is 5.91 Å². The van der Waals surface area contributed by atoms with Gasteiger partial charge in [0.05, 0.1) is 10.7 Å². The minimum atomic E-state index is -0.200. The molecule has 4 nitrogen and oxygen atoms in total. The number of amides is 1. The molecular weight excluding hydrogens is 358 g/mol. The number of hydrogen-bond acceptors (Lipinski definition) is 2. The second-order valence-electron chi connectivity index (χ2n) is 6.23. The Balaban J connectivity index is 1.63. The van der Waals surface area contributed by atoms with Crippen LogP contribution >= 0.6 is 11.6 Å². The summed E-state index contributed by atoms with van der Waals surface area (Å²) in [5.74, 6) is -0.200.